The molecule has 1 aromatic rings. The summed E-state index contributed by atoms with van der Waals surface area (Å²) in [6.07, 6.45) is 0.501. The van der Waals surface area contributed by atoms with E-state index in [0.29, 0.717) is 11.8 Å². The summed E-state index contributed by atoms with van der Waals surface area (Å²) in [7, 11) is 0. The first-order valence-corrected chi connectivity index (χ1v) is 9.14. The Balaban J connectivity index is 1.54. The average molecular weight is 378 g/mol. The minimum Gasteiger partial charge on any atom is -0.353 e. The van der Waals surface area contributed by atoms with Crippen molar-refractivity contribution in [3.8, 4) is 0 Å². The number of nitrogens with zero attached hydrogens (tertiary/aromatic N) is 2. The van der Waals surface area contributed by atoms with Crippen molar-refractivity contribution >= 4 is 17.5 Å². The normalized spacial score (nSPS) is 26.9. The Labute approximate surface area is 150 Å². The first-order valence-electron chi connectivity index (χ1n) is 8.76. The third-order valence-corrected chi connectivity index (χ3v) is 6.23. The topological polar surface area (TPSA) is 46.9 Å². The van der Waals surface area contributed by atoms with Gasteiger partial charge >= 0.3 is 6.18 Å². The predicted octanol–water partition coefficient (Wildman–Crippen LogP) is 4.19. The van der Waals surface area contributed by atoms with Crippen molar-refractivity contribution in [1.82, 2.24) is 15.1 Å². The summed E-state index contributed by atoms with van der Waals surface area (Å²) in [5.41, 5.74) is -0.870. The van der Waals surface area contributed by atoms with Gasteiger partial charge in [0.1, 0.15) is 0 Å². The lowest BCUT2D eigenvalue weighted by Gasteiger charge is -2.28. The van der Waals surface area contributed by atoms with Crippen LogP contribution in [-0.2, 0) is 17.5 Å². The van der Waals surface area contributed by atoms with Gasteiger partial charge in [0, 0.05) is 12.5 Å². The quantitative estimate of drug-likeness (QED) is 0.836. The molecule has 2 aliphatic rings. The van der Waals surface area contributed by atoms with E-state index in [1.54, 1.807) is 0 Å². The molecule has 0 saturated heterocycles. The molecular formula is C17H23ClF3N3O. The van der Waals surface area contributed by atoms with Gasteiger partial charge in [0.25, 0.3) is 0 Å². The molecule has 4 nitrogen and oxygen atoms in total. The van der Waals surface area contributed by atoms with Crippen LogP contribution < -0.4 is 5.32 Å². The van der Waals surface area contributed by atoms with Crippen molar-refractivity contribution in [2.24, 2.45) is 17.8 Å². The van der Waals surface area contributed by atoms with Gasteiger partial charge in [-0.1, -0.05) is 18.0 Å². The molecule has 8 heteroatoms. The fourth-order valence-electron chi connectivity index (χ4n) is 4.47. The van der Waals surface area contributed by atoms with Gasteiger partial charge in [-0.2, -0.15) is 18.3 Å². The van der Waals surface area contributed by atoms with Crippen LogP contribution in [0.3, 0.4) is 0 Å². The molecule has 140 valence electrons. The monoisotopic (exact) mass is 377 g/mol. The molecular weight excluding hydrogens is 355 g/mol. The molecule has 4 atom stereocenters. The second-order valence-electron chi connectivity index (χ2n) is 7.41. The van der Waals surface area contributed by atoms with Gasteiger partial charge in [0.15, 0.2) is 5.69 Å². The van der Waals surface area contributed by atoms with E-state index in [1.165, 1.54) is 32.6 Å². The van der Waals surface area contributed by atoms with E-state index in [1.807, 2.05) is 6.92 Å². The standard InChI is InChI=1S/C17H23ClF3N3O/c1-9(13-8-11-3-4-12(13)7-11)22-14(25)5-6-24-10(2)15(18)16(23-24)17(19,20)21/h9,11-13H,3-8H2,1-2H3,(H,22,25)/t9-,11+,12+,13+/m0/s1. The van der Waals surface area contributed by atoms with E-state index in [4.69, 9.17) is 11.6 Å². The lowest BCUT2D eigenvalue weighted by atomic mass is 9.84. The lowest BCUT2D eigenvalue weighted by molar-refractivity contribution is -0.141. The summed E-state index contributed by atoms with van der Waals surface area (Å²) in [5, 5.41) is 6.13. The highest BCUT2D eigenvalue weighted by Crippen LogP contribution is 2.49. The molecule has 2 fully saturated rings. The molecule has 1 amide bonds. The number of aryl methyl sites for hydroxylation is 1. The number of carbonyl (C=O) groups is 1. The van der Waals surface area contributed by atoms with E-state index in [-0.39, 0.29) is 30.6 Å². The van der Waals surface area contributed by atoms with Crippen LogP contribution in [0.25, 0.3) is 0 Å². The number of hydrogen-bond acceptors (Lipinski definition) is 2. The summed E-state index contributed by atoms with van der Waals surface area (Å²) in [4.78, 5) is 12.2. The second kappa shape index (κ2) is 6.82. The van der Waals surface area contributed by atoms with Crippen molar-refractivity contribution in [3.05, 3.63) is 16.4 Å². The van der Waals surface area contributed by atoms with Gasteiger partial charge in [-0.05, 0) is 50.9 Å². The van der Waals surface area contributed by atoms with Crippen LogP contribution in [0.2, 0.25) is 5.02 Å². The number of halogens is 4. The van der Waals surface area contributed by atoms with Crippen molar-refractivity contribution in [3.63, 3.8) is 0 Å². The van der Waals surface area contributed by atoms with Gasteiger partial charge in [-0.25, -0.2) is 0 Å². The highest BCUT2D eigenvalue weighted by Gasteiger charge is 2.42. The molecule has 2 aliphatic carbocycles. The predicted molar refractivity (Wildman–Crippen MR) is 88.1 cm³/mol. The zero-order valence-electron chi connectivity index (χ0n) is 14.4. The molecule has 0 unspecified atom stereocenters. The van der Waals surface area contributed by atoms with Crippen molar-refractivity contribution in [1.29, 1.82) is 0 Å². The zero-order chi connectivity index (χ0) is 18.4. The molecule has 0 spiro atoms. The Bertz CT molecular complexity index is 658. The number of fused-ring (bicyclic) bond motifs is 2. The highest BCUT2D eigenvalue weighted by atomic mass is 35.5. The van der Waals surface area contributed by atoms with Gasteiger partial charge in [0.05, 0.1) is 17.3 Å². The number of carbonyl (C=O) groups excluding carboxylic acids is 1. The molecule has 3 rings (SSSR count). The molecule has 1 heterocycles. The van der Waals surface area contributed by atoms with Gasteiger partial charge in [-0.3, -0.25) is 9.48 Å². The van der Waals surface area contributed by atoms with Crippen LogP contribution in [0, 0.1) is 24.7 Å². The van der Waals surface area contributed by atoms with Crippen molar-refractivity contribution in [2.75, 3.05) is 0 Å². The third kappa shape index (κ3) is 3.81. The van der Waals surface area contributed by atoms with Crippen LogP contribution in [0.4, 0.5) is 13.2 Å². The van der Waals surface area contributed by atoms with Crippen LogP contribution >= 0.6 is 11.6 Å². The zero-order valence-corrected chi connectivity index (χ0v) is 15.1. The molecule has 2 saturated carbocycles. The number of aromatic nitrogens is 2. The Morgan fingerprint density at radius 1 is 1.40 bits per heavy atom. The van der Waals surface area contributed by atoms with E-state index >= 15 is 0 Å². The molecule has 0 aromatic carbocycles. The summed E-state index contributed by atoms with van der Waals surface area (Å²) in [6, 6.07) is 0.107. The first-order chi connectivity index (χ1) is 11.7. The fraction of sp³-hybridized carbons (Fsp3) is 0.765. The molecule has 25 heavy (non-hydrogen) atoms. The Kier molecular flexibility index (Phi) is 5.06. The largest absolute Gasteiger partial charge is 0.436 e. The van der Waals surface area contributed by atoms with Crippen LogP contribution in [0.15, 0.2) is 0 Å². The second-order valence-corrected chi connectivity index (χ2v) is 7.79. The Morgan fingerprint density at radius 2 is 2.12 bits per heavy atom. The van der Waals surface area contributed by atoms with E-state index in [0.717, 1.165) is 10.6 Å². The SMILES string of the molecule is Cc1c(Cl)c(C(F)(F)F)nn1CCC(=O)N[C@@H](C)[C@H]1C[C@@H]2CC[C@@H]1C2. The Morgan fingerprint density at radius 3 is 2.64 bits per heavy atom. The smallest absolute Gasteiger partial charge is 0.353 e. The number of amides is 1. The third-order valence-electron chi connectivity index (χ3n) is 5.78. The minimum atomic E-state index is -4.59. The van der Waals surface area contributed by atoms with Crippen molar-refractivity contribution in [2.45, 2.75) is 64.7 Å². The van der Waals surface area contributed by atoms with E-state index < -0.39 is 16.9 Å². The minimum absolute atomic E-state index is 0.0803. The van der Waals surface area contributed by atoms with E-state index in [9.17, 15) is 18.0 Å². The summed E-state index contributed by atoms with van der Waals surface area (Å²) in [5.74, 6) is 1.89. The first kappa shape index (κ1) is 18.5. The fourth-order valence-corrected chi connectivity index (χ4v) is 4.71. The summed E-state index contributed by atoms with van der Waals surface area (Å²) >= 11 is 5.72. The molecule has 0 radical (unpaired) electrons. The van der Waals surface area contributed by atoms with Crippen LogP contribution in [-0.4, -0.2) is 21.7 Å². The Hall–Kier alpha value is -1.24. The molecule has 1 aromatic heterocycles. The van der Waals surface area contributed by atoms with Crippen molar-refractivity contribution < 1.29 is 18.0 Å². The van der Waals surface area contributed by atoms with Gasteiger partial charge < -0.3 is 5.32 Å². The molecule has 1 N–H and O–H groups in total. The maximum absolute atomic E-state index is 12.8. The highest BCUT2D eigenvalue weighted by molar-refractivity contribution is 6.31. The van der Waals surface area contributed by atoms with E-state index in [2.05, 4.69) is 10.4 Å². The summed E-state index contributed by atoms with van der Waals surface area (Å²) < 4.78 is 39.6. The number of nitrogens with one attached hydrogen (secondary N) is 1. The van der Waals surface area contributed by atoms with Gasteiger partial charge in [0.2, 0.25) is 5.91 Å². The van der Waals surface area contributed by atoms with Crippen LogP contribution in [0.1, 0.15) is 50.4 Å². The number of hydrogen-bond donors (Lipinski definition) is 1. The number of alkyl halides is 3. The molecule has 2 bridgehead atoms. The average Bonchev–Trinajstić information content (AvgIpc) is 3.21. The maximum atomic E-state index is 12.8. The summed E-state index contributed by atoms with van der Waals surface area (Å²) in [6.45, 7) is 3.58. The lowest BCUT2D eigenvalue weighted by Crippen LogP contribution is -2.40. The number of rotatable bonds is 5. The maximum Gasteiger partial charge on any atom is 0.436 e. The van der Waals surface area contributed by atoms with Gasteiger partial charge in [-0.15, -0.1) is 0 Å². The molecule has 0 aliphatic heterocycles. The van der Waals surface area contributed by atoms with Crippen LogP contribution in [0.5, 0.6) is 0 Å².